The number of ether oxygens (including phenoxy) is 2. The van der Waals surface area contributed by atoms with Gasteiger partial charge in [-0.2, -0.15) is 0 Å². The topological polar surface area (TPSA) is 81.7 Å². The Labute approximate surface area is 152 Å². The van der Waals surface area contributed by atoms with Crippen molar-refractivity contribution in [1.82, 2.24) is 4.72 Å². The normalized spacial score (nSPS) is 13.4. The first kappa shape index (κ1) is 17.8. The lowest BCUT2D eigenvalue weighted by Gasteiger charge is -2.20. The lowest BCUT2D eigenvalue weighted by atomic mass is 10.2. The second-order valence-electron chi connectivity index (χ2n) is 4.99. The molecule has 1 aliphatic rings. The maximum absolute atomic E-state index is 13.8. The lowest BCUT2D eigenvalue weighted by molar-refractivity contribution is 0.0980. The highest BCUT2D eigenvalue weighted by molar-refractivity contribution is 7.90. The van der Waals surface area contributed by atoms with Crippen molar-refractivity contribution in [3.63, 3.8) is 0 Å². The first-order valence-corrected chi connectivity index (χ1v) is 9.13. The van der Waals surface area contributed by atoms with Crippen LogP contribution >= 0.6 is 23.2 Å². The number of fused-ring (bicyclic) bond motifs is 1. The monoisotopic (exact) mass is 405 g/mol. The first-order chi connectivity index (χ1) is 11.8. The standard InChI is InChI=1S/C15H10Cl2FNO5S/c16-9-1-2-13(11(18)7-9)25(21,22)19-15(20)8-5-10(17)14-12(6-8)23-3-4-24-14/h1-2,5-7H,3-4H2,(H,19,20). The van der Waals surface area contributed by atoms with Gasteiger partial charge >= 0.3 is 0 Å². The van der Waals surface area contributed by atoms with E-state index in [0.29, 0.717) is 6.61 Å². The number of rotatable bonds is 3. The molecule has 0 spiro atoms. The number of amides is 1. The van der Waals surface area contributed by atoms with E-state index in [0.717, 1.165) is 12.1 Å². The summed E-state index contributed by atoms with van der Waals surface area (Å²) in [5.74, 6) is -1.57. The Bertz CT molecular complexity index is 965. The van der Waals surface area contributed by atoms with Crippen LogP contribution in [0.1, 0.15) is 10.4 Å². The molecule has 6 nitrogen and oxygen atoms in total. The Morgan fingerprint density at radius 3 is 2.56 bits per heavy atom. The molecular formula is C15H10Cl2FNO5S. The number of carbonyl (C=O) groups is 1. The lowest BCUT2D eigenvalue weighted by Crippen LogP contribution is -2.31. The molecule has 1 amide bonds. The summed E-state index contributed by atoms with van der Waals surface area (Å²) in [5.41, 5.74) is -0.0767. The summed E-state index contributed by atoms with van der Waals surface area (Å²) in [6, 6.07) is 5.53. The molecule has 0 radical (unpaired) electrons. The van der Waals surface area contributed by atoms with Crippen molar-refractivity contribution in [2.45, 2.75) is 4.90 Å². The minimum Gasteiger partial charge on any atom is -0.486 e. The molecule has 1 heterocycles. The molecule has 0 saturated heterocycles. The molecule has 1 N–H and O–H groups in total. The van der Waals surface area contributed by atoms with Crippen molar-refractivity contribution in [3.8, 4) is 11.5 Å². The zero-order valence-corrected chi connectivity index (χ0v) is 14.7. The van der Waals surface area contributed by atoms with E-state index in [1.165, 1.54) is 18.2 Å². The Morgan fingerprint density at radius 2 is 1.84 bits per heavy atom. The average molecular weight is 406 g/mol. The summed E-state index contributed by atoms with van der Waals surface area (Å²) in [6.07, 6.45) is 0. The van der Waals surface area contributed by atoms with Crippen molar-refractivity contribution < 1.29 is 27.1 Å². The second-order valence-corrected chi connectivity index (χ2v) is 7.49. The summed E-state index contributed by atoms with van der Waals surface area (Å²) in [7, 11) is -4.44. The molecule has 0 saturated carbocycles. The third-order valence-electron chi connectivity index (χ3n) is 3.27. The van der Waals surface area contributed by atoms with E-state index >= 15 is 0 Å². The predicted octanol–water partition coefficient (Wildman–Crippen LogP) is 3.02. The van der Waals surface area contributed by atoms with E-state index in [2.05, 4.69) is 0 Å². The summed E-state index contributed by atoms with van der Waals surface area (Å²) < 4.78 is 50.7. The molecule has 0 aromatic heterocycles. The van der Waals surface area contributed by atoms with Gasteiger partial charge in [0.2, 0.25) is 0 Å². The van der Waals surface area contributed by atoms with E-state index in [1.807, 2.05) is 0 Å². The molecule has 0 aliphatic carbocycles. The highest BCUT2D eigenvalue weighted by atomic mass is 35.5. The molecule has 3 rings (SSSR count). The van der Waals surface area contributed by atoms with Crippen LogP contribution in [0.15, 0.2) is 35.2 Å². The highest BCUT2D eigenvalue weighted by Crippen LogP contribution is 2.38. The van der Waals surface area contributed by atoms with E-state index in [1.54, 1.807) is 4.72 Å². The molecular weight excluding hydrogens is 396 g/mol. The van der Waals surface area contributed by atoms with Crippen molar-refractivity contribution in [3.05, 3.63) is 51.8 Å². The van der Waals surface area contributed by atoms with Crippen LogP contribution in [0.3, 0.4) is 0 Å². The number of nitrogens with one attached hydrogen (secondary N) is 1. The van der Waals surface area contributed by atoms with Gasteiger partial charge in [0.25, 0.3) is 15.9 Å². The molecule has 0 unspecified atom stereocenters. The van der Waals surface area contributed by atoms with Crippen molar-refractivity contribution in [2.24, 2.45) is 0 Å². The van der Waals surface area contributed by atoms with Gasteiger partial charge in [-0.25, -0.2) is 17.5 Å². The van der Waals surface area contributed by atoms with Crippen molar-refractivity contribution >= 4 is 39.1 Å². The molecule has 2 aromatic rings. The van der Waals surface area contributed by atoms with Gasteiger partial charge in [0, 0.05) is 10.6 Å². The van der Waals surface area contributed by atoms with Crippen LogP contribution in [0.2, 0.25) is 10.0 Å². The van der Waals surface area contributed by atoms with Gasteiger partial charge in [0.1, 0.15) is 23.9 Å². The first-order valence-electron chi connectivity index (χ1n) is 6.89. The number of benzene rings is 2. The number of sulfonamides is 1. The van der Waals surface area contributed by atoms with Crippen LogP contribution in [0.25, 0.3) is 0 Å². The molecule has 25 heavy (non-hydrogen) atoms. The van der Waals surface area contributed by atoms with Crippen LogP contribution < -0.4 is 14.2 Å². The minimum absolute atomic E-state index is 0.0291. The maximum atomic E-state index is 13.8. The zero-order valence-electron chi connectivity index (χ0n) is 12.4. The molecule has 1 aliphatic heterocycles. The van der Waals surface area contributed by atoms with E-state index in [9.17, 15) is 17.6 Å². The van der Waals surface area contributed by atoms with Gasteiger partial charge in [-0.3, -0.25) is 4.79 Å². The fourth-order valence-electron chi connectivity index (χ4n) is 2.17. The number of carbonyl (C=O) groups excluding carboxylic acids is 1. The van der Waals surface area contributed by atoms with Gasteiger partial charge in [0.15, 0.2) is 11.5 Å². The van der Waals surface area contributed by atoms with E-state index < -0.39 is 26.6 Å². The zero-order chi connectivity index (χ0) is 18.2. The summed E-state index contributed by atoms with van der Waals surface area (Å²) in [6.45, 7) is 0.575. The smallest absolute Gasteiger partial charge is 0.267 e. The second kappa shape index (κ2) is 6.70. The Morgan fingerprint density at radius 1 is 1.12 bits per heavy atom. The van der Waals surface area contributed by atoms with Crippen LogP contribution in [0, 0.1) is 5.82 Å². The van der Waals surface area contributed by atoms with Crippen molar-refractivity contribution in [1.29, 1.82) is 0 Å². The third kappa shape index (κ3) is 3.65. The fraction of sp³-hybridized carbons (Fsp3) is 0.133. The van der Waals surface area contributed by atoms with Gasteiger partial charge in [0.05, 0.1) is 5.02 Å². The fourth-order valence-corrected chi connectivity index (χ4v) is 3.63. The largest absolute Gasteiger partial charge is 0.486 e. The Hall–Kier alpha value is -2.03. The predicted molar refractivity (Wildman–Crippen MR) is 88.5 cm³/mol. The van der Waals surface area contributed by atoms with Crippen LogP contribution in [0.5, 0.6) is 11.5 Å². The van der Waals surface area contributed by atoms with Crippen LogP contribution in [-0.4, -0.2) is 27.5 Å². The average Bonchev–Trinajstić information content (AvgIpc) is 2.54. The quantitative estimate of drug-likeness (QED) is 0.848. The number of hydrogen-bond donors (Lipinski definition) is 1. The molecule has 0 atom stereocenters. The van der Waals surface area contributed by atoms with Gasteiger partial charge in [-0.05, 0) is 30.3 Å². The number of halogens is 3. The van der Waals surface area contributed by atoms with E-state index in [-0.39, 0.29) is 33.7 Å². The van der Waals surface area contributed by atoms with E-state index in [4.69, 9.17) is 32.7 Å². The summed E-state index contributed by atoms with van der Waals surface area (Å²) in [4.78, 5) is 11.6. The summed E-state index contributed by atoms with van der Waals surface area (Å²) in [5, 5.41) is 0.124. The molecule has 2 aromatic carbocycles. The van der Waals surface area contributed by atoms with Crippen LogP contribution in [-0.2, 0) is 10.0 Å². The molecule has 0 fully saturated rings. The third-order valence-corrected chi connectivity index (χ3v) is 5.15. The summed E-state index contributed by atoms with van der Waals surface area (Å²) >= 11 is 11.6. The Kier molecular flexibility index (Phi) is 4.77. The highest BCUT2D eigenvalue weighted by Gasteiger charge is 2.25. The maximum Gasteiger partial charge on any atom is 0.267 e. The SMILES string of the molecule is O=C(NS(=O)(=O)c1ccc(Cl)cc1F)c1cc(Cl)c2c(c1)OCCO2. The number of hydrogen-bond acceptors (Lipinski definition) is 5. The van der Waals surface area contributed by atoms with Gasteiger partial charge in [-0.15, -0.1) is 0 Å². The van der Waals surface area contributed by atoms with Gasteiger partial charge in [-0.1, -0.05) is 23.2 Å². The van der Waals surface area contributed by atoms with Crippen LogP contribution in [0.4, 0.5) is 4.39 Å². The molecule has 10 heteroatoms. The van der Waals surface area contributed by atoms with Crippen molar-refractivity contribution in [2.75, 3.05) is 13.2 Å². The molecule has 132 valence electrons. The Balaban J connectivity index is 1.90. The molecule has 0 bridgehead atoms. The minimum atomic E-state index is -4.44. The van der Waals surface area contributed by atoms with Gasteiger partial charge < -0.3 is 9.47 Å².